The standard InChI is InChI=1S/C12H21N3O2S/c1-2-6-10-9-12(14-13-10)15-18(16,17)11-7-4-3-5-8-11/h9,11H,2-8H2,1H3,(H2,13,14,15). The summed E-state index contributed by atoms with van der Waals surface area (Å²) < 4.78 is 26.9. The van der Waals surface area contributed by atoms with E-state index in [2.05, 4.69) is 21.8 Å². The predicted octanol–water partition coefficient (Wildman–Crippen LogP) is 2.44. The molecule has 0 saturated heterocycles. The van der Waals surface area contributed by atoms with E-state index in [0.717, 1.165) is 50.6 Å². The number of aryl methyl sites for hydroxylation is 1. The van der Waals surface area contributed by atoms with Crippen LogP contribution in [0.2, 0.25) is 0 Å². The average molecular weight is 271 g/mol. The Kier molecular flexibility index (Phi) is 4.27. The molecule has 1 aliphatic carbocycles. The normalized spacial score (nSPS) is 17.8. The van der Waals surface area contributed by atoms with Crippen LogP contribution in [-0.2, 0) is 16.4 Å². The van der Waals surface area contributed by atoms with Gasteiger partial charge in [0.2, 0.25) is 10.0 Å². The van der Waals surface area contributed by atoms with Crippen LogP contribution in [0.5, 0.6) is 0 Å². The second kappa shape index (κ2) is 5.73. The lowest BCUT2D eigenvalue weighted by Gasteiger charge is -2.21. The number of sulfonamides is 1. The molecule has 0 amide bonds. The highest BCUT2D eigenvalue weighted by atomic mass is 32.2. The zero-order valence-electron chi connectivity index (χ0n) is 10.8. The van der Waals surface area contributed by atoms with Gasteiger partial charge < -0.3 is 0 Å². The number of nitrogens with zero attached hydrogens (tertiary/aromatic N) is 1. The summed E-state index contributed by atoms with van der Waals surface area (Å²) in [4.78, 5) is 0. The Bertz CT molecular complexity index is 475. The van der Waals surface area contributed by atoms with Crippen LogP contribution >= 0.6 is 0 Å². The average Bonchev–Trinajstić information content (AvgIpc) is 2.77. The lowest BCUT2D eigenvalue weighted by molar-refractivity contribution is 0.486. The molecule has 0 aromatic carbocycles. The van der Waals surface area contributed by atoms with Crippen LogP contribution in [0.1, 0.15) is 51.1 Å². The summed E-state index contributed by atoms with van der Waals surface area (Å²) in [5.74, 6) is 0.420. The third-order valence-electron chi connectivity index (χ3n) is 3.39. The molecule has 1 aliphatic rings. The van der Waals surface area contributed by atoms with Gasteiger partial charge in [0.1, 0.15) is 0 Å². The summed E-state index contributed by atoms with van der Waals surface area (Å²) >= 11 is 0. The number of nitrogens with one attached hydrogen (secondary N) is 2. The first-order valence-corrected chi connectivity index (χ1v) is 8.22. The molecule has 0 atom stereocenters. The van der Waals surface area contributed by atoms with E-state index in [4.69, 9.17) is 0 Å². The molecular formula is C12H21N3O2S. The van der Waals surface area contributed by atoms with Gasteiger partial charge in [-0.2, -0.15) is 5.10 Å². The Hall–Kier alpha value is -1.04. The van der Waals surface area contributed by atoms with Gasteiger partial charge in [-0.25, -0.2) is 8.42 Å². The molecule has 5 nitrogen and oxygen atoms in total. The molecule has 102 valence electrons. The number of aromatic amines is 1. The minimum Gasteiger partial charge on any atom is -0.280 e. The molecule has 0 spiro atoms. The van der Waals surface area contributed by atoms with Gasteiger partial charge in [-0.3, -0.25) is 9.82 Å². The third-order valence-corrected chi connectivity index (χ3v) is 5.23. The van der Waals surface area contributed by atoms with Gasteiger partial charge in [-0.1, -0.05) is 32.6 Å². The Morgan fingerprint density at radius 2 is 2.11 bits per heavy atom. The van der Waals surface area contributed by atoms with Gasteiger partial charge in [0.15, 0.2) is 5.82 Å². The molecule has 6 heteroatoms. The van der Waals surface area contributed by atoms with Crippen molar-refractivity contribution in [1.82, 2.24) is 10.2 Å². The number of rotatable bonds is 5. The van der Waals surface area contributed by atoms with Crippen molar-refractivity contribution in [3.8, 4) is 0 Å². The SMILES string of the molecule is CCCc1cc(NS(=O)(=O)C2CCCCC2)n[nH]1. The van der Waals surface area contributed by atoms with Crippen molar-refractivity contribution in [1.29, 1.82) is 0 Å². The highest BCUT2D eigenvalue weighted by Crippen LogP contribution is 2.24. The van der Waals surface area contributed by atoms with Gasteiger partial charge in [-0.15, -0.1) is 0 Å². The van der Waals surface area contributed by atoms with E-state index in [0.29, 0.717) is 5.82 Å². The second-order valence-corrected chi connectivity index (χ2v) is 6.90. The van der Waals surface area contributed by atoms with Crippen LogP contribution in [0.3, 0.4) is 0 Å². The number of anilines is 1. The summed E-state index contributed by atoms with van der Waals surface area (Å²) in [5, 5.41) is 6.60. The Morgan fingerprint density at radius 1 is 1.39 bits per heavy atom. The zero-order chi connectivity index (χ0) is 13.0. The molecule has 1 aromatic rings. The number of H-pyrrole nitrogens is 1. The Morgan fingerprint density at radius 3 is 2.78 bits per heavy atom. The number of aromatic nitrogens is 2. The van der Waals surface area contributed by atoms with Crippen LogP contribution < -0.4 is 4.72 Å². The van der Waals surface area contributed by atoms with E-state index in [1.165, 1.54) is 0 Å². The minimum absolute atomic E-state index is 0.252. The van der Waals surface area contributed by atoms with Gasteiger partial charge in [-0.05, 0) is 19.3 Å². The molecule has 2 rings (SSSR count). The van der Waals surface area contributed by atoms with Gasteiger partial charge in [0.05, 0.1) is 5.25 Å². The molecule has 0 radical (unpaired) electrons. The van der Waals surface area contributed by atoms with E-state index < -0.39 is 10.0 Å². The Labute approximate surface area is 108 Å². The summed E-state index contributed by atoms with van der Waals surface area (Å²) in [6.07, 6.45) is 6.59. The summed E-state index contributed by atoms with van der Waals surface area (Å²) in [5.41, 5.74) is 0.971. The molecule has 18 heavy (non-hydrogen) atoms. The lowest BCUT2D eigenvalue weighted by Crippen LogP contribution is -2.29. The monoisotopic (exact) mass is 271 g/mol. The zero-order valence-corrected chi connectivity index (χ0v) is 11.6. The Balaban J connectivity index is 2.01. The van der Waals surface area contributed by atoms with Crippen LogP contribution in [0.15, 0.2) is 6.07 Å². The molecule has 1 heterocycles. The maximum atomic E-state index is 12.2. The highest BCUT2D eigenvalue weighted by molar-refractivity contribution is 7.93. The van der Waals surface area contributed by atoms with E-state index in [9.17, 15) is 8.42 Å². The summed E-state index contributed by atoms with van der Waals surface area (Å²) in [6.45, 7) is 2.08. The molecule has 1 fully saturated rings. The first-order valence-electron chi connectivity index (χ1n) is 6.67. The topological polar surface area (TPSA) is 74.8 Å². The second-order valence-electron chi connectivity index (χ2n) is 4.94. The van der Waals surface area contributed by atoms with E-state index >= 15 is 0 Å². The molecule has 1 saturated carbocycles. The quantitative estimate of drug-likeness (QED) is 0.863. The maximum Gasteiger partial charge on any atom is 0.236 e. The largest absolute Gasteiger partial charge is 0.280 e. The van der Waals surface area contributed by atoms with Gasteiger partial charge >= 0.3 is 0 Å². The third kappa shape index (κ3) is 3.25. The number of hydrogen-bond acceptors (Lipinski definition) is 3. The summed E-state index contributed by atoms with van der Waals surface area (Å²) in [6, 6.07) is 1.78. The van der Waals surface area contributed by atoms with E-state index in [1.807, 2.05) is 0 Å². The highest BCUT2D eigenvalue weighted by Gasteiger charge is 2.27. The van der Waals surface area contributed by atoms with Crippen LogP contribution in [-0.4, -0.2) is 23.9 Å². The van der Waals surface area contributed by atoms with Crippen molar-refractivity contribution in [3.05, 3.63) is 11.8 Å². The summed E-state index contributed by atoms with van der Waals surface area (Å²) in [7, 11) is -3.27. The predicted molar refractivity (Wildman–Crippen MR) is 72.0 cm³/mol. The van der Waals surface area contributed by atoms with Crippen molar-refractivity contribution >= 4 is 15.8 Å². The van der Waals surface area contributed by atoms with Gasteiger partial charge in [0, 0.05) is 11.8 Å². The fourth-order valence-corrected chi connectivity index (χ4v) is 3.93. The van der Waals surface area contributed by atoms with E-state index in [-0.39, 0.29) is 5.25 Å². The molecule has 0 aliphatic heterocycles. The van der Waals surface area contributed by atoms with Crippen LogP contribution in [0.25, 0.3) is 0 Å². The smallest absolute Gasteiger partial charge is 0.236 e. The fourth-order valence-electron chi connectivity index (χ4n) is 2.42. The van der Waals surface area contributed by atoms with E-state index in [1.54, 1.807) is 6.07 Å². The first kappa shape index (κ1) is 13.4. The van der Waals surface area contributed by atoms with Crippen LogP contribution in [0, 0.1) is 0 Å². The first-order chi connectivity index (χ1) is 8.62. The molecule has 1 aromatic heterocycles. The minimum atomic E-state index is -3.27. The van der Waals surface area contributed by atoms with Crippen LogP contribution in [0.4, 0.5) is 5.82 Å². The molecule has 0 unspecified atom stereocenters. The van der Waals surface area contributed by atoms with Crippen molar-refractivity contribution in [2.45, 2.75) is 57.1 Å². The lowest BCUT2D eigenvalue weighted by atomic mass is 10.0. The van der Waals surface area contributed by atoms with Gasteiger partial charge in [0.25, 0.3) is 0 Å². The van der Waals surface area contributed by atoms with Crippen molar-refractivity contribution in [2.75, 3.05) is 4.72 Å². The van der Waals surface area contributed by atoms with Crippen molar-refractivity contribution < 1.29 is 8.42 Å². The molecule has 0 bridgehead atoms. The maximum absolute atomic E-state index is 12.2. The van der Waals surface area contributed by atoms with Crippen molar-refractivity contribution in [2.24, 2.45) is 0 Å². The molecule has 2 N–H and O–H groups in total. The van der Waals surface area contributed by atoms with Crippen molar-refractivity contribution in [3.63, 3.8) is 0 Å². The number of hydrogen-bond donors (Lipinski definition) is 2. The molecular weight excluding hydrogens is 250 g/mol. The fraction of sp³-hybridized carbons (Fsp3) is 0.750.